The molecule has 1 aromatic heterocycles. The summed E-state index contributed by atoms with van der Waals surface area (Å²) in [6.45, 7) is 7.40. The maximum Gasteiger partial charge on any atom is 0.0492 e. The van der Waals surface area contributed by atoms with Crippen molar-refractivity contribution in [2.45, 2.75) is 26.8 Å². The standard InChI is InChI=1S/C15H18ClNS/c1-4-17-11(3)14-7-8-15(18-14)12-9-10(2)5-6-13(12)16/h5-9,11,17H,4H2,1-3H3. The Bertz CT molecular complexity index is 533. The number of benzene rings is 1. The molecule has 18 heavy (non-hydrogen) atoms. The van der Waals surface area contributed by atoms with E-state index in [4.69, 9.17) is 11.6 Å². The molecule has 0 fully saturated rings. The van der Waals surface area contributed by atoms with Crippen LogP contribution in [0.2, 0.25) is 5.02 Å². The molecule has 1 nitrogen and oxygen atoms in total. The number of halogens is 1. The van der Waals surface area contributed by atoms with E-state index in [1.54, 1.807) is 0 Å². The van der Waals surface area contributed by atoms with Crippen LogP contribution in [0.3, 0.4) is 0 Å². The average molecular weight is 280 g/mol. The fourth-order valence-electron chi connectivity index (χ4n) is 1.97. The zero-order chi connectivity index (χ0) is 13.1. The number of rotatable bonds is 4. The van der Waals surface area contributed by atoms with Crippen LogP contribution in [0, 0.1) is 6.92 Å². The molecule has 0 bridgehead atoms. The van der Waals surface area contributed by atoms with Gasteiger partial charge in [-0.05, 0) is 44.7 Å². The summed E-state index contributed by atoms with van der Waals surface area (Å²) >= 11 is 8.08. The van der Waals surface area contributed by atoms with E-state index in [9.17, 15) is 0 Å². The number of thiophene rings is 1. The Balaban J connectivity index is 2.32. The predicted molar refractivity (Wildman–Crippen MR) is 81.6 cm³/mol. The van der Waals surface area contributed by atoms with E-state index in [1.807, 2.05) is 23.5 Å². The van der Waals surface area contributed by atoms with Crippen molar-refractivity contribution in [2.75, 3.05) is 6.54 Å². The van der Waals surface area contributed by atoms with Gasteiger partial charge >= 0.3 is 0 Å². The fraction of sp³-hybridized carbons (Fsp3) is 0.333. The molecule has 1 atom stereocenters. The first-order chi connectivity index (χ1) is 8.61. The lowest BCUT2D eigenvalue weighted by Crippen LogP contribution is -2.16. The highest BCUT2D eigenvalue weighted by molar-refractivity contribution is 7.15. The maximum atomic E-state index is 6.27. The fourth-order valence-corrected chi connectivity index (χ4v) is 3.31. The van der Waals surface area contributed by atoms with Crippen molar-refractivity contribution in [2.24, 2.45) is 0 Å². The van der Waals surface area contributed by atoms with Gasteiger partial charge in [0.1, 0.15) is 0 Å². The third-order valence-electron chi connectivity index (χ3n) is 2.95. The van der Waals surface area contributed by atoms with Crippen molar-refractivity contribution in [3.8, 4) is 10.4 Å². The van der Waals surface area contributed by atoms with E-state index >= 15 is 0 Å². The van der Waals surface area contributed by atoms with Crippen LogP contribution in [-0.2, 0) is 0 Å². The Labute approximate surface area is 118 Å². The summed E-state index contributed by atoms with van der Waals surface area (Å²) in [5.41, 5.74) is 2.38. The maximum absolute atomic E-state index is 6.27. The largest absolute Gasteiger partial charge is 0.310 e. The first kappa shape index (κ1) is 13.6. The van der Waals surface area contributed by atoms with E-state index in [1.165, 1.54) is 15.3 Å². The van der Waals surface area contributed by atoms with Crippen molar-refractivity contribution in [1.29, 1.82) is 0 Å². The van der Waals surface area contributed by atoms with E-state index in [0.29, 0.717) is 6.04 Å². The van der Waals surface area contributed by atoms with Crippen LogP contribution in [0.25, 0.3) is 10.4 Å². The second kappa shape index (κ2) is 5.87. The predicted octanol–water partition coefficient (Wildman–Crippen LogP) is 5.05. The molecule has 2 aromatic rings. The molecule has 0 aliphatic rings. The van der Waals surface area contributed by atoms with Gasteiger partial charge in [0.25, 0.3) is 0 Å². The van der Waals surface area contributed by atoms with Crippen molar-refractivity contribution in [1.82, 2.24) is 5.32 Å². The lowest BCUT2D eigenvalue weighted by molar-refractivity contribution is 0.607. The van der Waals surface area contributed by atoms with Gasteiger partial charge < -0.3 is 5.32 Å². The summed E-state index contributed by atoms with van der Waals surface area (Å²) in [6.07, 6.45) is 0. The second-order valence-electron chi connectivity index (χ2n) is 4.46. The molecule has 0 aliphatic carbocycles. The monoisotopic (exact) mass is 279 g/mol. The normalized spacial score (nSPS) is 12.7. The van der Waals surface area contributed by atoms with Gasteiger partial charge in [0.2, 0.25) is 0 Å². The third kappa shape index (κ3) is 2.94. The second-order valence-corrected chi connectivity index (χ2v) is 5.99. The SMILES string of the molecule is CCNC(C)c1ccc(-c2cc(C)ccc2Cl)s1. The van der Waals surface area contributed by atoms with E-state index in [2.05, 4.69) is 44.3 Å². The summed E-state index contributed by atoms with van der Waals surface area (Å²) in [4.78, 5) is 2.59. The Morgan fingerprint density at radius 2 is 2.06 bits per heavy atom. The van der Waals surface area contributed by atoms with Gasteiger partial charge in [-0.15, -0.1) is 11.3 Å². The summed E-state index contributed by atoms with van der Waals surface area (Å²) in [5, 5.41) is 4.25. The summed E-state index contributed by atoms with van der Waals surface area (Å²) in [6, 6.07) is 10.9. The van der Waals surface area contributed by atoms with E-state index in [-0.39, 0.29) is 0 Å². The molecular formula is C15H18ClNS. The van der Waals surface area contributed by atoms with Crippen LogP contribution < -0.4 is 5.32 Å². The lowest BCUT2D eigenvalue weighted by Gasteiger charge is -2.09. The summed E-state index contributed by atoms with van der Waals surface area (Å²) in [5.74, 6) is 0. The van der Waals surface area contributed by atoms with Crippen molar-refractivity contribution >= 4 is 22.9 Å². The van der Waals surface area contributed by atoms with Gasteiger partial charge in [-0.2, -0.15) is 0 Å². The highest BCUT2D eigenvalue weighted by Crippen LogP contribution is 2.35. The minimum absolute atomic E-state index is 0.400. The van der Waals surface area contributed by atoms with E-state index < -0.39 is 0 Å². The highest BCUT2D eigenvalue weighted by atomic mass is 35.5. The average Bonchev–Trinajstić information content (AvgIpc) is 2.82. The van der Waals surface area contributed by atoms with Crippen LogP contribution in [0.1, 0.15) is 30.3 Å². The molecule has 2 rings (SSSR count). The first-order valence-electron chi connectivity index (χ1n) is 6.21. The van der Waals surface area contributed by atoms with Gasteiger partial charge in [-0.25, -0.2) is 0 Å². The minimum Gasteiger partial charge on any atom is -0.310 e. The Kier molecular flexibility index (Phi) is 4.44. The Hall–Kier alpha value is -0.830. The molecule has 0 amide bonds. The molecule has 0 saturated heterocycles. The van der Waals surface area contributed by atoms with Gasteiger partial charge in [0.15, 0.2) is 0 Å². The lowest BCUT2D eigenvalue weighted by atomic mass is 10.1. The molecular weight excluding hydrogens is 262 g/mol. The van der Waals surface area contributed by atoms with Gasteiger partial charge in [0.05, 0.1) is 0 Å². The quantitative estimate of drug-likeness (QED) is 0.826. The topological polar surface area (TPSA) is 12.0 Å². The molecule has 1 N–H and O–H groups in total. The van der Waals surface area contributed by atoms with Crippen LogP contribution in [0.4, 0.5) is 0 Å². The molecule has 96 valence electrons. The number of hydrogen-bond acceptors (Lipinski definition) is 2. The number of aryl methyl sites for hydroxylation is 1. The van der Waals surface area contributed by atoms with Crippen molar-refractivity contribution in [3.05, 3.63) is 45.8 Å². The van der Waals surface area contributed by atoms with Crippen molar-refractivity contribution < 1.29 is 0 Å². The zero-order valence-corrected chi connectivity index (χ0v) is 12.5. The zero-order valence-electron chi connectivity index (χ0n) is 11.0. The molecule has 0 radical (unpaired) electrons. The van der Waals surface area contributed by atoms with Gasteiger partial charge in [-0.1, -0.05) is 30.2 Å². The smallest absolute Gasteiger partial charge is 0.0492 e. The van der Waals surface area contributed by atoms with E-state index in [0.717, 1.165) is 17.1 Å². The molecule has 1 unspecified atom stereocenters. The van der Waals surface area contributed by atoms with Crippen molar-refractivity contribution in [3.63, 3.8) is 0 Å². The van der Waals surface area contributed by atoms with Gasteiger partial charge in [-0.3, -0.25) is 0 Å². The van der Waals surface area contributed by atoms with Gasteiger partial charge in [0, 0.05) is 26.4 Å². The molecule has 0 aliphatic heterocycles. The molecule has 1 heterocycles. The molecule has 0 saturated carbocycles. The molecule has 3 heteroatoms. The Morgan fingerprint density at radius 1 is 1.28 bits per heavy atom. The first-order valence-corrected chi connectivity index (χ1v) is 7.41. The van der Waals surface area contributed by atoms with Crippen LogP contribution in [0.15, 0.2) is 30.3 Å². The van der Waals surface area contributed by atoms with Crippen LogP contribution in [0.5, 0.6) is 0 Å². The summed E-state index contributed by atoms with van der Waals surface area (Å²) in [7, 11) is 0. The molecule has 0 spiro atoms. The number of nitrogens with one attached hydrogen (secondary N) is 1. The Morgan fingerprint density at radius 3 is 2.78 bits per heavy atom. The third-order valence-corrected chi connectivity index (χ3v) is 4.58. The van der Waals surface area contributed by atoms with Crippen LogP contribution in [-0.4, -0.2) is 6.54 Å². The minimum atomic E-state index is 0.400. The number of hydrogen-bond donors (Lipinski definition) is 1. The molecule has 1 aromatic carbocycles. The highest BCUT2D eigenvalue weighted by Gasteiger charge is 2.10. The van der Waals surface area contributed by atoms with Crippen LogP contribution >= 0.6 is 22.9 Å². The summed E-state index contributed by atoms with van der Waals surface area (Å²) < 4.78 is 0.